The van der Waals surface area contributed by atoms with Crippen molar-refractivity contribution < 1.29 is 13.2 Å². The van der Waals surface area contributed by atoms with Crippen molar-refractivity contribution in [2.24, 2.45) is 0 Å². The van der Waals surface area contributed by atoms with Crippen molar-refractivity contribution in [1.29, 1.82) is 0 Å². The van der Waals surface area contributed by atoms with Gasteiger partial charge in [-0.3, -0.25) is 9.89 Å². The fraction of sp³-hybridized carbons (Fsp3) is 0.636. The fourth-order valence-electron chi connectivity index (χ4n) is 1.87. The largest absolute Gasteiger partial charge is 0.335 e. The Morgan fingerprint density at radius 1 is 1.47 bits per heavy atom. The normalized spacial score (nSPS) is 13.3. The van der Waals surface area contributed by atoms with Crippen LogP contribution in [0.2, 0.25) is 0 Å². The molecule has 19 heavy (non-hydrogen) atoms. The van der Waals surface area contributed by atoms with E-state index in [2.05, 4.69) is 10.2 Å². The molecule has 0 aliphatic rings. The van der Waals surface area contributed by atoms with E-state index in [9.17, 15) is 13.2 Å². The van der Waals surface area contributed by atoms with E-state index in [4.69, 9.17) is 10.7 Å². The van der Waals surface area contributed by atoms with Gasteiger partial charge in [-0.2, -0.15) is 5.10 Å². The molecule has 0 aliphatic heterocycles. The summed E-state index contributed by atoms with van der Waals surface area (Å²) in [4.78, 5) is 13.7. The van der Waals surface area contributed by atoms with Crippen molar-refractivity contribution in [3.8, 4) is 0 Å². The number of aromatic amines is 1. The minimum atomic E-state index is -4.01. The Kier molecular flexibility index (Phi) is 4.98. The first kappa shape index (κ1) is 16.0. The van der Waals surface area contributed by atoms with Crippen LogP contribution in [0, 0.1) is 6.92 Å². The highest BCUT2D eigenvalue weighted by Gasteiger charge is 2.30. The van der Waals surface area contributed by atoms with Gasteiger partial charge < -0.3 is 4.90 Å². The molecule has 1 heterocycles. The highest BCUT2D eigenvalue weighted by molar-refractivity contribution is 8.13. The molecule has 1 aromatic heterocycles. The number of nitrogens with zero attached hydrogens (tertiary/aromatic N) is 2. The van der Waals surface area contributed by atoms with Crippen molar-refractivity contribution in [2.75, 3.05) is 6.54 Å². The number of hydrogen-bond acceptors (Lipinski definition) is 4. The summed E-state index contributed by atoms with van der Waals surface area (Å²) in [6, 6.07) is 0.000357. The third kappa shape index (κ3) is 3.27. The van der Waals surface area contributed by atoms with Crippen LogP contribution in [0.15, 0.2) is 4.90 Å². The second kappa shape index (κ2) is 5.92. The number of nitrogens with one attached hydrogen (secondary N) is 1. The minimum Gasteiger partial charge on any atom is -0.335 e. The third-order valence-electron chi connectivity index (χ3n) is 3.06. The predicted molar refractivity (Wildman–Crippen MR) is 72.8 cm³/mol. The van der Waals surface area contributed by atoms with Crippen LogP contribution >= 0.6 is 10.7 Å². The first-order valence-electron chi connectivity index (χ1n) is 6.04. The Morgan fingerprint density at radius 2 is 2.05 bits per heavy atom. The zero-order valence-electron chi connectivity index (χ0n) is 11.4. The molecule has 6 nitrogen and oxygen atoms in total. The molecule has 0 saturated heterocycles. The molecule has 0 fully saturated rings. The Morgan fingerprint density at radius 3 is 2.47 bits per heavy atom. The van der Waals surface area contributed by atoms with E-state index in [0.29, 0.717) is 6.54 Å². The van der Waals surface area contributed by atoms with Crippen LogP contribution in [0.4, 0.5) is 0 Å². The van der Waals surface area contributed by atoms with Gasteiger partial charge in [0.2, 0.25) is 0 Å². The number of aromatic nitrogens is 2. The van der Waals surface area contributed by atoms with Crippen LogP contribution in [0.5, 0.6) is 0 Å². The van der Waals surface area contributed by atoms with Crippen LogP contribution < -0.4 is 0 Å². The van der Waals surface area contributed by atoms with Crippen molar-refractivity contribution >= 4 is 25.6 Å². The number of rotatable bonds is 5. The molecule has 0 bridgehead atoms. The van der Waals surface area contributed by atoms with Crippen molar-refractivity contribution in [1.82, 2.24) is 15.1 Å². The maximum atomic E-state index is 12.4. The van der Waals surface area contributed by atoms with Gasteiger partial charge in [0.25, 0.3) is 15.0 Å². The lowest BCUT2D eigenvalue weighted by atomic mass is 10.2. The summed E-state index contributed by atoms with van der Waals surface area (Å²) in [6.07, 6.45) is 0.770. The topological polar surface area (TPSA) is 83.1 Å². The predicted octanol–water partition coefficient (Wildman–Crippen LogP) is 1.91. The Balaban J connectivity index is 3.28. The lowest BCUT2D eigenvalue weighted by Crippen LogP contribution is -2.38. The lowest BCUT2D eigenvalue weighted by molar-refractivity contribution is 0.0690. The van der Waals surface area contributed by atoms with E-state index in [-0.39, 0.29) is 22.3 Å². The number of hydrogen-bond donors (Lipinski definition) is 1. The van der Waals surface area contributed by atoms with Crippen molar-refractivity contribution in [2.45, 2.75) is 45.1 Å². The van der Waals surface area contributed by atoms with Gasteiger partial charge in [0.1, 0.15) is 4.90 Å². The average Bonchev–Trinajstić information content (AvgIpc) is 2.71. The second-order valence-electron chi connectivity index (χ2n) is 4.31. The van der Waals surface area contributed by atoms with E-state index in [0.717, 1.165) is 6.42 Å². The standard InChI is InChI=1S/C11H18ClN3O3S/c1-5-7(3)15(6-2)11(16)9-10(19(12,17)18)8(4)13-14-9/h7H,5-6H2,1-4H3,(H,13,14). The van der Waals surface area contributed by atoms with E-state index in [1.54, 1.807) is 4.90 Å². The molecule has 1 unspecified atom stereocenters. The average molecular weight is 308 g/mol. The van der Waals surface area contributed by atoms with Gasteiger partial charge in [0.15, 0.2) is 5.69 Å². The lowest BCUT2D eigenvalue weighted by Gasteiger charge is -2.26. The maximum Gasteiger partial charge on any atom is 0.276 e. The molecular formula is C11H18ClN3O3S. The number of halogens is 1. The van der Waals surface area contributed by atoms with E-state index in [1.807, 2.05) is 20.8 Å². The SMILES string of the molecule is CCC(C)N(CC)C(=O)c1n[nH]c(C)c1S(=O)(=O)Cl. The van der Waals surface area contributed by atoms with E-state index < -0.39 is 15.0 Å². The van der Waals surface area contributed by atoms with Gasteiger partial charge in [0.05, 0.1) is 5.69 Å². The molecule has 0 aromatic carbocycles. The van der Waals surface area contributed by atoms with Gasteiger partial charge in [-0.05, 0) is 27.2 Å². The van der Waals surface area contributed by atoms with E-state index in [1.165, 1.54) is 6.92 Å². The Labute approximate surface area is 117 Å². The quantitative estimate of drug-likeness (QED) is 0.842. The van der Waals surface area contributed by atoms with Gasteiger partial charge in [0, 0.05) is 23.3 Å². The van der Waals surface area contributed by atoms with Crippen LogP contribution in [0.3, 0.4) is 0 Å². The summed E-state index contributed by atoms with van der Waals surface area (Å²) >= 11 is 0. The molecule has 108 valence electrons. The zero-order chi connectivity index (χ0) is 14.8. The summed E-state index contributed by atoms with van der Waals surface area (Å²) in [7, 11) is 1.35. The highest BCUT2D eigenvalue weighted by atomic mass is 35.7. The maximum absolute atomic E-state index is 12.4. The molecule has 1 N–H and O–H groups in total. The fourth-order valence-corrected chi connectivity index (χ4v) is 3.22. The smallest absolute Gasteiger partial charge is 0.276 e. The molecule has 0 spiro atoms. The number of carbonyl (C=O) groups excluding carboxylic acids is 1. The molecule has 8 heteroatoms. The number of carbonyl (C=O) groups is 1. The summed E-state index contributed by atoms with van der Waals surface area (Å²) in [5.74, 6) is -0.430. The van der Waals surface area contributed by atoms with Crippen LogP contribution in [-0.4, -0.2) is 42.0 Å². The molecule has 1 aromatic rings. The van der Waals surface area contributed by atoms with Crippen LogP contribution in [0.1, 0.15) is 43.4 Å². The van der Waals surface area contributed by atoms with Gasteiger partial charge in [-0.15, -0.1) is 0 Å². The first-order chi connectivity index (χ1) is 8.73. The number of amides is 1. The van der Waals surface area contributed by atoms with Crippen molar-refractivity contribution in [3.05, 3.63) is 11.4 Å². The van der Waals surface area contributed by atoms with E-state index >= 15 is 0 Å². The van der Waals surface area contributed by atoms with Gasteiger partial charge in [-0.1, -0.05) is 6.92 Å². The molecule has 0 radical (unpaired) electrons. The van der Waals surface area contributed by atoms with Crippen LogP contribution in [-0.2, 0) is 9.05 Å². The Bertz CT molecular complexity index is 568. The summed E-state index contributed by atoms with van der Waals surface area (Å²) in [5.41, 5.74) is 0.119. The first-order valence-corrected chi connectivity index (χ1v) is 8.35. The molecular weight excluding hydrogens is 290 g/mol. The monoisotopic (exact) mass is 307 g/mol. The van der Waals surface area contributed by atoms with Crippen molar-refractivity contribution in [3.63, 3.8) is 0 Å². The van der Waals surface area contributed by atoms with Gasteiger partial charge in [-0.25, -0.2) is 8.42 Å². The third-order valence-corrected chi connectivity index (χ3v) is 4.51. The summed E-state index contributed by atoms with van der Waals surface area (Å²) in [6.45, 7) is 7.67. The second-order valence-corrected chi connectivity index (χ2v) is 6.82. The van der Waals surface area contributed by atoms with Gasteiger partial charge >= 0.3 is 0 Å². The number of H-pyrrole nitrogens is 1. The number of aryl methyl sites for hydroxylation is 1. The molecule has 0 saturated carbocycles. The highest BCUT2D eigenvalue weighted by Crippen LogP contribution is 2.23. The zero-order valence-corrected chi connectivity index (χ0v) is 13.0. The Hall–Kier alpha value is -1.08. The molecule has 1 atom stereocenters. The molecule has 1 rings (SSSR count). The van der Waals surface area contributed by atoms with Crippen LogP contribution in [0.25, 0.3) is 0 Å². The molecule has 0 aliphatic carbocycles. The summed E-state index contributed by atoms with van der Waals surface area (Å²) < 4.78 is 23.1. The molecule has 1 amide bonds. The summed E-state index contributed by atoms with van der Waals surface area (Å²) in [5, 5.41) is 6.29. The minimum absolute atomic E-state index is 0.000357.